The molecule has 0 aliphatic carbocycles. The second-order valence-corrected chi connectivity index (χ2v) is 4.47. The van der Waals surface area contributed by atoms with Gasteiger partial charge in [-0.1, -0.05) is 6.42 Å². The second-order valence-electron chi connectivity index (χ2n) is 4.47. The normalized spacial score (nSPS) is 21.4. The lowest BCUT2D eigenvalue weighted by Gasteiger charge is -2.23. The molecule has 16 heavy (non-hydrogen) atoms. The number of pyridine rings is 1. The second kappa shape index (κ2) is 3.87. The van der Waals surface area contributed by atoms with Crippen molar-refractivity contribution in [3.63, 3.8) is 0 Å². The summed E-state index contributed by atoms with van der Waals surface area (Å²) in [6.07, 6.45) is 7.59. The van der Waals surface area contributed by atoms with Crippen LogP contribution in [-0.2, 0) is 7.05 Å². The van der Waals surface area contributed by atoms with E-state index in [9.17, 15) is 0 Å². The number of hydrogen-bond acceptors (Lipinski definition) is 3. The Bertz CT molecular complexity index is 497. The highest BCUT2D eigenvalue weighted by Crippen LogP contribution is 2.24. The minimum atomic E-state index is 0.465. The molecule has 1 aliphatic heterocycles. The van der Waals surface area contributed by atoms with Gasteiger partial charge in [-0.05, 0) is 31.0 Å². The summed E-state index contributed by atoms with van der Waals surface area (Å²) in [6.45, 7) is 1.12. The zero-order chi connectivity index (χ0) is 11.0. The molecule has 1 atom stereocenters. The zero-order valence-electron chi connectivity index (χ0n) is 9.48. The smallest absolute Gasteiger partial charge is 0.159 e. The molecule has 84 valence electrons. The molecule has 2 aromatic rings. The number of hydrogen-bond donors (Lipinski definition) is 1. The summed E-state index contributed by atoms with van der Waals surface area (Å²) in [7, 11) is 1.97. The highest BCUT2D eigenvalue weighted by molar-refractivity contribution is 5.71. The van der Waals surface area contributed by atoms with Gasteiger partial charge in [0.25, 0.3) is 0 Å². The van der Waals surface area contributed by atoms with Crippen molar-refractivity contribution in [1.82, 2.24) is 19.9 Å². The molecule has 1 aliphatic rings. The summed E-state index contributed by atoms with van der Waals surface area (Å²) in [5.41, 5.74) is 3.22. The van der Waals surface area contributed by atoms with Crippen LogP contribution in [0.2, 0.25) is 0 Å². The van der Waals surface area contributed by atoms with Crippen molar-refractivity contribution < 1.29 is 0 Å². The predicted octanol–water partition coefficient (Wildman–Crippen LogP) is 1.78. The van der Waals surface area contributed by atoms with Gasteiger partial charge < -0.3 is 9.88 Å². The predicted molar refractivity (Wildman–Crippen MR) is 63.1 cm³/mol. The van der Waals surface area contributed by atoms with Crippen LogP contribution in [0.25, 0.3) is 11.2 Å². The third-order valence-electron chi connectivity index (χ3n) is 3.29. The first-order valence-corrected chi connectivity index (χ1v) is 5.85. The Hall–Kier alpha value is -1.42. The van der Waals surface area contributed by atoms with E-state index < -0.39 is 0 Å². The fraction of sp³-hybridized carbons (Fsp3) is 0.500. The Morgan fingerprint density at radius 1 is 1.38 bits per heavy atom. The highest BCUT2D eigenvalue weighted by atomic mass is 15.1. The average Bonchev–Trinajstić information content (AvgIpc) is 2.72. The lowest BCUT2D eigenvalue weighted by Crippen LogP contribution is -2.26. The number of imidazole rings is 1. The summed E-state index contributed by atoms with van der Waals surface area (Å²) in [4.78, 5) is 8.82. The molecule has 3 rings (SSSR count). The lowest BCUT2D eigenvalue weighted by atomic mass is 9.99. The summed E-state index contributed by atoms with van der Waals surface area (Å²) in [6, 6.07) is 2.62. The number of piperidine rings is 1. The molecule has 0 radical (unpaired) electrons. The topological polar surface area (TPSA) is 42.7 Å². The van der Waals surface area contributed by atoms with E-state index in [0.29, 0.717) is 6.04 Å². The minimum absolute atomic E-state index is 0.465. The molecule has 2 aromatic heterocycles. The molecule has 4 heteroatoms. The van der Waals surface area contributed by atoms with Gasteiger partial charge in [0, 0.05) is 19.3 Å². The van der Waals surface area contributed by atoms with Gasteiger partial charge in [0.2, 0.25) is 0 Å². The van der Waals surface area contributed by atoms with Crippen molar-refractivity contribution in [3.8, 4) is 0 Å². The van der Waals surface area contributed by atoms with Gasteiger partial charge in [-0.15, -0.1) is 0 Å². The van der Waals surface area contributed by atoms with Crippen LogP contribution in [0.4, 0.5) is 0 Å². The Morgan fingerprint density at radius 2 is 2.31 bits per heavy atom. The van der Waals surface area contributed by atoms with Crippen LogP contribution in [0.5, 0.6) is 0 Å². The van der Waals surface area contributed by atoms with E-state index in [0.717, 1.165) is 17.7 Å². The molecule has 1 N–H and O–H groups in total. The number of nitrogens with zero attached hydrogens (tertiary/aromatic N) is 3. The molecular formula is C12H16N4. The van der Waals surface area contributed by atoms with E-state index in [2.05, 4.69) is 21.4 Å². The van der Waals surface area contributed by atoms with Gasteiger partial charge in [-0.3, -0.25) is 0 Å². The molecule has 0 spiro atoms. The molecule has 0 bridgehead atoms. The first-order chi connectivity index (χ1) is 7.84. The fourth-order valence-corrected chi connectivity index (χ4v) is 2.36. The Morgan fingerprint density at radius 3 is 3.12 bits per heavy atom. The molecule has 1 unspecified atom stereocenters. The molecule has 0 amide bonds. The van der Waals surface area contributed by atoms with Crippen LogP contribution < -0.4 is 5.32 Å². The van der Waals surface area contributed by atoms with E-state index in [-0.39, 0.29) is 0 Å². The SMILES string of the molecule is Cn1cnc2cc(C3CCCCN3)cnc21. The quantitative estimate of drug-likeness (QED) is 0.790. The molecule has 1 saturated heterocycles. The summed E-state index contributed by atoms with van der Waals surface area (Å²) < 4.78 is 1.95. The van der Waals surface area contributed by atoms with Crippen molar-refractivity contribution in [1.29, 1.82) is 0 Å². The summed E-state index contributed by atoms with van der Waals surface area (Å²) >= 11 is 0. The lowest BCUT2D eigenvalue weighted by molar-refractivity contribution is 0.412. The van der Waals surface area contributed by atoms with E-state index >= 15 is 0 Å². The van der Waals surface area contributed by atoms with Crippen LogP contribution in [0.15, 0.2) is 18.6 Å². The van der Waals surface area contributed by atoms with Crippen molar-refractivity contribution >= 4 is 11.2 Å². The van der Waals surface area contributed by atoms with Crippen LogP contribution in [0.3, 0.4) is 0 Å². The average molecular weight is 216 g/mol. The van der Waals surface area contributed by atoms with E-state index in [4.69, 9.17) is 0 Å². The maximum absolute atomic E-state index is 4.48. The monoisotopic (exact) mass is 216 g/mol. The molecule has 0 saturated carbocycles. The van der Waals surface area contributed by atoms with Crippen LogP contribution in [0, 0.1) is 0 Å². The maximum Gasteiger partial charge on any atom is 0.159 e. The Kier molecular flexibility index (Phi) is 2.36. The molecular weight excluding hydrogens is 200 g/mol. The van der Waals surface area contributed by atoms with Crippen LogP contribution in [-0.4, -0.2) is 21.1 Å². The number of aryl methyl sites for hydroxylation is 1. The minimum Gasteiger partial charge on any atom is -0.318 e. The Labute approximate surface area is 94.7 Å². The van der Waals surface area contributed by atoms with Gasteiger partial charge >= 0.3 is 0 Å². The molecule has 1 fully saturated rings. The third-order valence-corrected chi connectivity index (χ3v) is 3.29. The largest absolute Gasteiger partial charge is 0.318 e. The Balaban J connectivity index is 1.97. The molecule has 0 aromatic carbocycles. The van der Waals surface area contributed by atoms with E-state index in [1.165, 1.54) is 24.8 Å². The van der Waals surface area contributed by atoms with Gasteiger partial charge in [0.05, 0.1) is 6.33 Å². The van der Waals surface area contributed by atoms with Gasteiger partial charge in [0.1, 0.15) is 5.52 Å². The zero-order valence-corrected chi connectivity index (χ0v) is 9.48. The fourth-order valence-electron chi connectivity index (χ4n) is 2.36. The van der Waals surface area contributed by atoms with Gasteiger partial charge in [-0.25, -0.2) is 9.97 Å². The molecule has 3 heterocycles. The highest BCUT2D eigenvalue weighted by Gasteiger charge is 2.15. The van der Waals surface area contributed by atoms with E-state index in [1.807, 2.05) is 24.1 Å². The van der Waals surface area contributed by atoms with Gasteiger partial charge in [-0.2, -0.15) is 0 Å². The van der Waals surface area contributed by atoms with Gasteiger partial charge in [0.15, 0.2) is 5.65 Å². The number of nitrogens with one attached hydrogen (secondary N) is 1. The number of aromatic nitrogens is 3. The summed E-state index contributed by atoms with van der Waals surface area (Å²) in [5.74, 6) is 0. The number of rotatable bonds is 1. The van der Waals surface area contributed by atoms with Crippen molar-refractivity contribution in [2.24, 2.45) is 7.05 Å². The third kappa shape index (κ3) is 1.59. The summed E-state index contributed by atoms with van der Waals surface area (Å²) in [5, 5.41) is 3.53. The van der Waals surface area contributed by atoms with Crippen molar-refractivity contribution in [2.45, 2.75) is 25.3 Å². The number of fused-ring (bicyclic) bond motifs is 1. The standard InChI is InChI=1S/C12H16N4/c1-16-8-15-11-6-9(7-14-12(11)16)10-4-2-3-5-13-10/h6-8,10,13H,2-5H2,1H3. The maximum atomic E-state index is 4.48. The van der Waals surface area contributed by atoms with Crippen LogP contribution in [0.1, 0.15) is 30.9 Å². The van der Waals surface area contributed by atoms with Crippen LogP contribution >= 0.6 is 0 Å². The van der Waals surface area contributed by atoms with Crippen molar-refractivity contribution in [2.75, 3.05) is 6.54 Å². The first-order valence-electron chi connectivity index (χ1n) is 5.85. The first kappa shape index (κ1) is 9.78. The molecule has 4 nitrogen and oxygen atoms in total. The van der Waals surface area contributed by atoms with Crippen molar-refractivity contribution in [3.05, 3.63) is 24.2 Å². The van der Waals surface area contributed by atoms with E-state index in [1.54, 1.807) is 0 Å².